The molecule has 0 fully saturated rings. The maximum atomic E-state index is 13.5. The van der Waals surface area contributed by atoms with Crippen LogP contribution in [0.25, 0.3) is 0 Å². The van der Waals surface area contributed by atoms with Gasteiger partial charge in [-0.1, -0.05) is 12.1 Å². The van der Waals surface area contributed by atoms with E-state index in [4.69, 9.17) is 5.73 Å². The van der Waals surface area contributed by atoms with Crippen LogP contribution < -0.4 is 10.6 Å². The topological polar surface area (TPSA) is 29.3 Å². The summed E-state index contributed by atoms with van der Waals surface area (Å²) in [6.07, 6.45) is -2.02. The van der Waals surface area contributed by atoms with Crippen LogP contribution in [-0.4, -0.2) is 26.6 Å². The highest BCUT2D eigenvalue weighted by Crippen LogP contribution is 2.24. The van der Waals surface area contributed by atoms with Crippen LogP contribution >= 0.6 is 0 Å². The van der Waals surface area contributed by atoms with E-state index >= 15 is 0 Å². The second-order valence-electron chi connectivity index (χ2n) is 3.56. The first-order valence-electron chi connectivity index (χ1n) is 5.03. The second kappa shape index (κ2) is 5.75. The van der Waals surface area contributed by atoms with Crippen molar-refractivity contribution in [2.75, 3.05) is 25.0 Å². The Kier molecular flexibility index (Phi) is 4.61. The number of benzene rings is 1. The molecule has 5 heteroatoms. The molecule has 0 atom stereocenters. The Labute approximate surface area is 92.9 Å². The average molecular weight is 232 g/mol. The zero-order valence-corrected chi connectivity index (χ0v) is 9.09. The number of para-hydroxylation sites is 1. The molecule has 0 unspecified atom stereocenters. The molecule has 2 nitrogen and oxygen atoms in total. The van der Waals surface area contributed by atoms with Crippen molar-refractivity contribution in [3.8, 4) is 0 Å². The van der Waals surface area contributed by atoms with Gasteiger partial charge in [-0.25, -0.2) is 13.2 Å². The molecule has 0 amide bonds. The van der Waals surface area contributed by atoms with Gasteiger partial charge in [-0.3, -0.25) is 0 Å². The van der Waals surface area contributed by atoms with Crippen molar-refractivity contribution in [2.45, 2.75) is 12.8 Å². The van der Waals surface area contributed by atoms with Gasteiger partial charge in [0.2, 0.25) is 0 Å². The molecule has 0 bridgehead atoms. The first-order chi connectivity index (χ1) is 7.56. The number of nitrogens with zero attached hydrogens (tertiary/aromatic N) is 1. The van der Waals surface area contributed by atoms with Crippen molar-refractivity contribution in [1.82, 2.24) is 0 Å². The van der Waals surface area contributed by atoms with Crippen molar-refractivity contribution in [1.29, 1.82) is 0 Å². The quantitative estimate of drug-likeness (QED) is 0.841. The minimum atomic E-state index is -2.49. The average Bonchev–Trinajstić information content (AvgIpc) is 2.16. The Balaban J connectivity index is 2.99. The molecule has 0 heterocycles. The Hall–Kier alpha value is -1.23. The molecule has 0 aliphatic carbocycles. The molecule has 1 aromatic carbocycles. The van der Waals surface area contributed by atoms with Crippen molar-refractivity contribution in [2.24, 2.45) is 5.73 Å². The van der Waals surface area contributed by atoms with Crippen molar-refractivity contribution < 1.29 is 13.2 Å². The van der Waals surface area contributed by atoms with E-state index in [1.165, 1.54) is 18.0 Å². The van der Waals surface area contributed by atoms with Crippen molar-refractivity contribution >= 4 is 5.69 Å². The Morgan fingerprint density at radius 3 is 2.62 bits per heavy atom. The maximum Gasteiger partial charge on any atom is 0.255 e. The number of nitrogens with two attached hydrogens (primary N) is 1. The van der Waals surface area contributed by atoms with Crippen LogP contribution in [0.2, 0.25) is 0 Å². The highest BCUT2D eigenvalue weighted by molar-refractivity contribution is 5.54. The van der Waals surface area contributed by atoms with Crippen LogP contribution in [0.3, 0.4) is 0 Å². The SMILES string of the molecule is CN(CC(F)F)c1c(F)cccc1CCN. The van der Waals surface area contributed by atoms with E-state index in [2.05, 4.69) is 0 Å². The van der Waals surface area contributed by atoms with E-state index in [-0.39, 0.29) is 5.69 Å². The minimum Gasteiger partial charge on any atom is -0.366 e. The molecular formula is C11H15F3N2. The van der Waals surface area contributed by atoms with Gasteiger partial charge in [-0.15, -0.1) is 0 Å². The highest BCUT2D eigenvalue weighted by atomic mass is 19.3. The summed E-state index contributed by atoms with van der Waals surface area (Å²) in [7, 11) is 1.45. The van der Waals surface area contributed by atoms with Gasteiger partial charge in [-0.2, -0.15) is 0 Å². The third-order valence-corrected chi connectivity index (χ3v) is 2.28. The van der Waals surface area contributed by atoms with Crippen LogP contribution in [-0.2, 0) is 6.42 Å². The lowest BCUT2D eigenvalue weighted by molar-refractivity contribution is 0.156. The summed E-state index contributed by atoms with van der Waals surface area (Å²) in [6.45, 7) is -0.128. The zero-order chi connectivity index (χ0) is 12.1. The molecule has 0 saturated heterocycles. The predicted octanol–water partition coefficient (Wildman–Crippen LogP) is 2.03. The summed E-state index contributed by atoms with van der Waals surface area (Å²) in [5.74, 6) is -0.492. The summed E-state index contributed by atoms with van der Waals surface area (Å²) >= 11 is 0. The Morgan fingerprint density at radius 2 is 2.06 bits per heavy atom. The van der Waals surface area contributed by atoms with Gasteiger partial charge in [0.15, 0.2) is 0 Å². The highest BCUT2D eigenvalue weighted by Gasteiger charge is 2.15. The molecule has 0 radical (unpaired) electrons. The molecule has 1 aromatic rings. The smallest absolute Gasteiger partial charge is 0.255 e. The van der Waals surface area contributed by atoms with E-state index in [0.29, 0.717) is 18.5 Å². The van der Waals surface area contributed by atoms with Gasteiger partial charge in [0.05, 0.1) is 12.2 Å². The fraction of sp³-hybridized carbons (Fsp3) is 0.455. The lowest BCUT2D eigenvalue weighted by atomic mass is 10.1. The fourth-order valence-corrected chi connectivity index (χ4v) is 1.64. The maximum absolute atomic E-state index is 13.5. The number of hydrogen-bond acceptors (Lipinski definition) is 2. The molecule has 0 aliphatic heterocycles. The van der Waals surface area contributed by atoms with Crippen LogP contribution in [0.15, 0.2) is 18.2 Å². The standard InChI is InChI=1S/C11H15F3N2/c1-16(7-10(13)14)11-8(5-6-15)3-2-4-9(11)12/h2-4,10H,5-7,15H2,1H3. The first-order valence-corrected chi connectivity index (χ1v) is 5.03. The molecule has 1 rings (SSSR count). The molecule has 2 N–H and O–H groups in total. The third kappa shape index (κ3) is 3.13. The molecule has 0 spiro atoms. The summed E-state index contributed by atoms with van der Waals surface area (Å²) < 4.78 is 38.0. The summed E-state index contributed by atoms with van der Waals surface area (Å²) in [6, 6.07) is 4.52. The molecule has 0 saturated carbocycles. The summed E-state index contributed by atoms with van der Waals surface area (Å²) in [5.41, 5.74) is 6.27. The largest absolute Gasteiger partial charge is 0.366 e. The first kappa shape index (κ1) is 12.8. The van der Waals surface area contributed by atoms with Gasteiger partial charge in [0.1, 0.15) is 5.82 Å². The van der Waals surface area contributed by atoms with Gasteiger partial charge in [0.25, 0.3) is 6.43 Å². The van der Waals surface area contributed by atoms with E-state index < -0.39 is 18.8 Å². The zero-order valence-electron chi connectivity index (χ0n) is 9.09. The van der Waals surface area contributed by atoms with Gasteiger partial charge in [-0.05, 0) is 24.6 Å². The number of rotatable bonds is 5. The Morgan fingerprint density at radius 1 is 1.38 bits per heavy atom. The second-order valence-corrected chi connectivity index (χ2v) is 3.56. The van der Waals surface area contributed by atoms with Crippen LogP contribution in [0, 0.1) is 5.82 Å². The molecule has 16 heavy (non-hydrogen) atoms. The van der Waals surface area contributed by atoms with Gasteiger partial charge in [0, 0.05) is 7.05 Å². The normalized spacial score (nSPS) is 10.9. The monoisotopic (exact) mass is 232 g/mol. The number of alkyl halides is 2. The number of anilines is 1. The summed E-state index contributed by atoms with van der Waals surface area (Å²) in [5, 5.41) is 0. The molecule has 90 valence electrons. The third-order valence-electron chi connectivity index (χ3n) is 2.28. The lowest BCUT2D eigenvalue weighted by Crippen LogP contribution is -2.26. The van der Waals surface area contributed by atoms with Crippen molar-refractivity contribution in [3.63, 3.8) is 0 Å². The van der Waals surface area contributed by atoms with Gasteiger partial charge < -0.3 is 10.6 Å². The number of hydrogen-bond donors (Lipinski definition) is 1. The van der Waals surface area contributed by atoms with E-state index in [1.807, 2.05) is 0 Å². The lowest BCUT2D eigenvalue weighted by Gasteiger charge is -2.22. The van der Waals surface area contributed by atoms with Gasteiger partial charge >= 0.3 is 0 Å². The molecule has 0 aliphatic rings. The molecule has 0 aromatic heterocycles. The van der Waals surface area contributed by atoms with E-state index in [9.17, 15) is 13.2 Å². The van der Waals surface area contributed by atoms with E-state index in [0.717, 1.165) is 0 Å². The predicted molar refractivity (Wildman–Crippen MR) is 58.4 cm³/mol. The Bertz CT molecular complexity index is 342. The van der Waals surface area contributed by atoms with Crippen LogP contribution in [0.5, 0.6) is 0 Å². The fourth-order valence-electron chi connectivity index (χ4n) is 1.64. The summed E-state index contributed by atoms with van der Waals surface area (Å²) in [4.78, 5) is 1.23. The minimum absolute atomic E-state index is 0.216. The number of halogens is 3. The van der Waals surface area contributed by atoms with Crippen LogP contribution in [0.1, 0.15) is 5.56 Å². The van der Waals surface area contributed by atoms with E-state index in [1.54, 1.807) is 12.1 Å². The molecular weight excluding hydrogens is 217 g/mol. The van der Waals surface area contributed by atoms with Crippen LogP contribution in [0.4, 0.5) is 18.9 Å². The van der Waals surface area contributed by atoms with Crippen molar-refractivity contribution in [3.05, 3.63) is 29.6 Å².